The Kier molecular flexibility index (Phi) is 4.46. The zero-order valence-electron chi connectivity index (χ0n) is 15.2. The van der Waals surface area contributed by atoms with Gasteiger partial charge < -0.3 is 9.47 Å². The van der Waals surface area contributed by atoms with E-state index in [1.807, 2.05) is 30.4 Å². The molecule has 1 saturated carbocycles. The van der Waals surface area contributed by atoms with Gasteiger partial charge in [0.25, 0.3) is 0 Å². The van der Waals surface area contributed by atoms with Crippen molar-refractivity contribution < 1.29 is 9.47 Å². The number of hydrogen-bond donors (Lipinski definition) is 0. The second kappa shape index (κ2) is 6.96. The Bertz CT molecular complexity index is 955. The minimum absolute atomic E-state index is 0.219. The fourth-order valence-electron chi connectivity index (χ4n) is 4.63. The Morgan fingerprint density at radius 3 is 2.44 bits per heavy atom. The summed E-state index contributed by atoms with van der Waals surface area (Å²) in [6.45, 7) is 0. The van der Waals surface area contributed by atoms with Crippen LogP contribution in [0.2, 0.25) is 0 Å². The molecule has 5 rings (SSSR count). The summed E-state index contributed by atoms with van der Waals surface area (Å²) >= 11 is 6.67. The number of fused-ring (bicyclic) bond motifs is 3. The quantitative estimate of drug-likeness (QED) is 0.447. The van der Waals surface area contributed by atoms with Crippen LogP contribution >= 0.6 is 6.04 Å². The monoisotopic (exact) mass is 394 g/mol. The normalized spacial score (nSPS) is 41.9. The highest BCUT2D eigenvalue weighted by molar-refractivity contribution is 8.19. The molecule has 4 heteroatoms. The predicted molar refractivity (Wildman–Crippen MR) is 115 cm³/mol. The van der Waals surface area contributed by atoms with Gasteiger partial charge in [-0.2, -0.15) is 0 Å². The van der Waals surface area contributed by atoms with Crippen LogP contribution in [0.15, 0.2) is 94.7 Å². The second-order valence-electron chi connectivity index (χ2n) is 7.46. The molecule has 5 aliphatic rings. The molecule has 2 heterocycles. The van der Waals surface area contributed by atoms with E-state index in [2.05, 4.69) is 36.5 Å². The van der Waals surface area contributed by atoms with Crippen LogP contribution in [0.1, 0.15) is 32.1 Å². The van der Waals surface area contributed by atoms with Gasteiger partial charge in [-0.05, 0) is 43.6 Å². The number of ether oxygens (including phenoxy) is 2. The third-order valence-electron chi connectivity index (χ3n) is 5.84. The maximum atomic E-state index is 6.67. The molecule has 138 valence electrons. The molecular formula is C23H23O2PS. The predicted octanol–water partition coefficient (Wildman–Crippen LogP) is 6.34. The lowest BCUT2D eigenvalue weighted by molar-refractivity contribution is 0.107. The van der Waals surface area contributed by atoms with Crippen molar-refractivity contribution in [3.05, 3.63) is 94.7 Å². The van der Waals surface area contributed by atoms with Crippen molar-refractivity contribution in [1.82, 2.24) is 0 Å². The second-order valence-corrected chi connectivity index (χ2v) is 12.1. The van der Waals surface area contributed by atoms with E-state index in [1.165, 1.54) is 24.6 Å². The van der Waals surface area contributed by atoms with Crippen LogP contribution in [0.4, 0.5) is 0 Å². The fourth-order valence-corrected chi connectivity index (χ4v) is 10.2. The van der Waals surface area contributed by atoms with E-state index < -0.39 is 6.04 Å². The summed E-state index contributed by atoms with van der Waals surface area (Å²) in [5.74, 6) is 2.72. The topological polar surface area (TPSA) is 18.5 Å². The molecule has 27 heavy (non-hydrogen) atoms. The summed E-state index contributed by atoms with van der Waals surface area (Å²) < 4.78 is 13.0. The highest BCUT2D eigenvalue weighted by Gasteiger charge is 2.50. The molecule has 0 spiro atoms. The van der Waals surface area contributed by atoms with Gasteiger partial charge in [-0.3, -0.25) is 0 Å². The highest BCUT2D eigenvalue weighted by Crippen LogP contribution is 2.75. The van der Waals surface area contributed by atoms with Crippen molar-refractivity contribution in [1.29, 1.82) is 0 Å². The van der Waals surface area contributed by atoms with Crippen molar-refractivity contribution in [2.75, 3.05) is 0 Å². The number of hydrogen-bond acceptors (Lipinski definition) is 3. The van der Waals surface area contributed by atoms with E-state index >= 15 is 0 Å². The molecule has 0 aromatic rings. The van der Waals surface area contributed by atoms with Gasteiger partial charge in [0, 0.05) is 17.0 Å². The van der Waals surface area contributed by atoms with Crippen molar-refractivity contribution in [2.45, 2.75) is 43.9 Å². The average Bonchev–Trinajstić information content (AvgIpc) is 2.86. The number of allylic oxidation sites excluding steroid dienone is 13. The average molecular weight is 394 g/mol. The molecule has 1 fully saturated rings. The first-order valence-corrected chi connectivity index (χ1v) is 12.7. The van der Waals surface area contributed by atoms with Crippen LogP contribution in [0.5, 0.6) is 0 Å². The summed E-state index contributed by atoms with van der Waals surface area (Å²) in [7, 11) is 0. The van der Waals surface area contributed by atoms with Crippen molar-refractivity contribution >= 4 is 17.8 Å². The van der Waals surface area contributed by atoms with Gasteiger partial charge in [0.15, 0.2) is 0 Å². The maximum Gasteiger partial charge on any atom is 0.139 e. The van der Waals surface area contributed by atoms with Gasteiger partial charge in [0.2, 0.25) is 0 Å². The maximum absolute atomic E-state index is 6.67. The van der Waals surface area contributed by atoms with Crippen LogP contribution in [0.25, 0.3) is 0 Å². The van der Waals surface area contributed by atoms with Crippen LogP contribution in [-0.4, -0.2) is 11.8 Å². The molecular weight excluding hydrogens is 371 g/mol. The zero-order valence-corrected chi connectivity index (χ0v) is 16.9. The largest absolute Gasteiger partial charge is 0.489 e. The first-order valence-electron chi connectivity index (χ1n) is 9.79. The Morgan fingerprint density at radius 2 is 1.56 bits per heavy atom. The van der Waals surface area contributed by atoms with E-state index in [0.29, 0.717) is 5.66 Å². The lowest BCUT2D eigenvalue weighted by Gasteiger charge is -2.46. The summed E-state index contributed by atoms with van der Waals surface area (Å²) in [6.07, 6.45) is 29.0. The van der Waals surface area contributed by atoms with E-state index in [1.54, 1.807) is 0 Å². The van der Waals surface area contributed by atoms with Crippen LogP contribution in [0, 0.1) is 0 Å². The van der Waals surface area contributed by atoms with E-state index in [-0.39, 0.29) is 6.10 Å². The Hall–Kier alpha value is -1.83. The van der Waals surface area contributed by atoms with E-state index in [9.17, 15) is 0 Å². The van der Waals surface area contributed by atoms with Crippen molar-refractivity contribution in [2.24, 2.45) is 0 Å². The third kappa shape index (κ3) is 2.80. The van der Waals surface area contributed by atoms with Crippen molar-refractivity contribution in [3.63, 3.8) is 0 Å². The molecule has 0 amide bonds. The van der Waals surface area contributed by atoms with Crippen LogP contribution < -0.4 is 0 Å². The first-order chi connectivity index (χ1) is 13.3. The van der Waals surface area contributed by atoms with Crippen LogP contribution in [-0.2, 0) is 21.3 Å². The van der Waals surface area contributed by atoms with Gasteiger partial charge in [-0.15, -0.1) is 0 Å². The molecule has 3 aliphatic carbocycles. The summed E-state index contributed by atoms with van der Waals surface area (Å²) in [5, 5.41) is 2.35. The summed E-state index contributed by atoms with van der Waals surface area (Å²) in [5.41, 5.74) is 0.393. The zero-order chi connectivity index (χ0) is 18.3. The van der Waals surface area contributed by atoms with E-state index in [0.717, 1.165) is 35.4 Å². The Balaban J connectivity index is 1.80. The molecule has 3 atom stereocenters. The van der Waals surface area contributed by atoms with Crippen molar-refractivity contribution in [3.8, 4) is 0 Å². The number of rotatable bonds is 0. The Morgan fingerprint density at radius 1 is 0.815 bits per heavy atom. The Labute approximate surface area is 166 Å². The minimum atomic E-state index is -2.06. The molecule has 2 nitrogen and oxygen atoms in total. The first kappa shape index (κ1) is 17.3. The van der Waals surface area contributed by atoms with E-state index in [4.69, 9.17) is 21.3 Å². The molecule has 0 aromatic carbocycles. The smallest absolute Gasteiger partial charge is 0.139 e. The molecule has 0 saturated heterocycles. The summed E-state index contributed by atoms with van der Waals surface area (Å²) in [4.78, 5) is 0. The molecule has 0 N–H and O–H groups in total. The molecule has 3 unspecified atom stereocenters. The standard InChI is InChI=1S/C23H23O2PS/c27-26-21-15-9-2-1-5-11-17(21)24-19-13-7-3-8-14-20(23(19)26)25-18-12-6-4-10-16-22(18)26/h1-3,5,7-9,11,13-15,18,22H,4,6,10,12,16H2/b2-1-,5-1?,7-3-,8-3?,9-2?,11-5-,13-7?,14-8-,15-9-,17-11?,19-13+,20-14?,21-15?. The van der Waals surface area contributed by atoms with Gasteiger partial charge in [0.1, 0.15) is 23.4 Å². The third-order valence-corrected chi connectivity index (χ3v) is 11.5. The SMILES string of the molecule is S=P12C3=C(\C=C/C=C\C=C/3)O/C3=C/C=C\C=C/C(=C31)OC1CCCCCC12. The van der Waals surface area contributed by atoms with Gasteiger partial charge >= 0.3 is 0 Å². The summed E-state index contributed by atoms with van der Waals surface area (Å²) in [6, 6.07) is -2.06. The lowest BCUT2D eigenvalue weighted by Crippen LogP contribution is -2.35. The fraction of sp³-hybridized carbons (Fsp3) is 0.304. The molecule has 0 radical (unpaired) electrons. The molecule has 0 aromatic heterocycles. The highest BCUT2D eigenvalue weighted by atomic mass is 32.4. The van der Waals surface area contributed by atoms with Gasteiger partial charge in [-0.1, -0.05) is 67.2 Å². The van der Waals surface area contributed by atoms with Gasteiger partial charge in [0.05, 0.1) is 5.31 Å². The molecule has 2 aliphatic heterocycles. The molecule has 0 bridgehead atoms. The van der Waals surface area contributed by atoms with Gasteiger partial charge in [-0.25, -0.2) is 0 Å². The van der Waals surface area contributed by atoms with Crippen LogP contribution in [0.3, 0.4) is 0 Å². The minimum Gasteiger partial charge on any atom is -0.489 e. The lowest BCUT2D eigenvalue weighted by atomic mass is 10.1.